The van der Waals surface area contributed by atoms with Crippen molar-refractivity contribution < 1.29 is 4.79 Å². The lowest BCUT2D eigenvalue weighted by Crippen LogP contribution is -2.46. The summed E-state index contributed by atoms with van der Waals surface area (Å²) in [5.74, 6) is 0.0409. The van der Waals surface area contributed by atoms with E-state index in [0.717, 1.165) is 31.6 Å². The minimum atomic E-state index is 0.0409. The molecule has 1 saturated heterocycles. The first-order valence-corrected chi connectivity index (χ1v) is 6.38. The molecule has 1 unspecified atom stereocenters. The second-order valence-electron chi connectivity index (χ2n) is 4.90. The highest BCUT2D eigenvalue weighted by molar-refractivity contribution is 5.95. The van der Waals surface area contributed by atoms with E-state index in [2.05, 4.69) is 15.5 Å². The Labute approximate surface area is 108 Å². The Morgan fingerprint density at radius 3 is 2.89 bits per heavy atom. The van der Waals surface area contributed by atoms with Crippen LogP contribution in [0.3, 0.4) is 0 Å². The van der Waals surface area contributed by atoms with Gasteiger partial charge in [0.05, 0.1) is 17.0 Å². The largest absolute Gasteiger partial charge is 0.337 e. The lowest BCUT2D eigenvalue weighted by atomic mass is 10.0. The minimum absolute atomic E-state index is 0.0409. The van der Waals surface area contributed by atoms with Crippen LogP contribution in [0.5, 0.6) is 0 Å². The quantitative estimate of drug-likeness (QED) is 0.845. The second kappa shape index (κ2) is 5.44. The van der Waals surface area contributed by atoms with Crippen molar-refractivity contribution in [1.82, 2.24) is 20.4 Å². The number of piperidine rings is 1. The van der Waals surface area contributed by atoms with Crippen molar-refractivity contribution in [3.05, 3.63) is 23.0 Å². The van der Waals surface area contributed by atoms with Crippen LogP contribution in [0.15, 0.2) is 6.07 Å². The molecule has 1 aromatic heterocycles. The van der Waals surface area contributed by atoms with Gasteiger partial charge in [-0.15, -0.1) is 0 Å². The SMILES string of the molecule is Cc1cc(C(=O)N(C)C2CCCNC2)c(C)nn1. The fourth-order valence-corrected chi connectivity index (χ4v) is 2.29. The average Bonchev–Trinajstić information content (AvgIpc) is 2.41. The zero-order valence-electron chi connectivity index (χ0n) is 11.2. The first kappa shape index (κ1) is 13.0. The van der Waals surface area contributed by atoms with E-state index in [1.165, 1.54) is 0 Å². The van der Waals surface area contributed by atoms with E-state index in [1.807, 2.05) is 31.9 Å². The van der Waals surface area contributed by atoms with E-state index in [-0.39, 0.29) is 11.9 Å². The summed E-state index contributed by atoms with van der Waals surface area (Å²) in [4.78, 5) is 14.3. The Morgan fingerprint density at radius 1 is 1.44 bits per heavy atom. The molecule has 98 valence electrons. The van der Waals surface area contributed by atoms with Gasteiger partial charge in [0.25, 0.3) is 5.91 Å². The monoisotopic (exact) mass is 248 g/mol. The summed E-state index contributed by atoms with van der Waals surface area (Å²) in [5, 5.41) is 11.3. The Kier molecular flexibility index (Phi) is 3.91. The number of nitrogens with one attached hydrogen (secondary N) is 1. The average molecular weight is 248 g/mol. The molecule has 2 rings (SSSR count). The molecule has 0 aliphatic carbocycles. The molecular formula is C13H20N4O. The molecule has 0 saturated carbocycles. The normalized spacial score (nSPS) is 19.6. The smallest absolute Gasteiger partial charge is 0.255 e. The predicted molar refractivity (Wildman–Crippen MR) is 69.5 cm³/mol. The molecule has 1 fully saturated rings. The van der Waals surface area contributed by atoms with E-state index in [9.17, 15) is 4.79 Å². The number of carbonyl (C=O) groups excluding carboxylic acids is 1. The maximum Gasteiger partial charge on any atom is 0.255 e. The third-order valence-corrected chi connectivity index (χ3v) is 3.47. The van der Waals surface area contributed by atoms with Gasteiger partial charge in [0, 0.05) is 19.6 Å². The molecule has 0 radical (unpaired) electrons. The van der Waals surface area contributed by atoms with Gasteiger partial charge in [-0.3, -0.25) is 4.79 Å². The number of likely N-dealkylation sites (N-methyl/N-ethyl adjacent to an activating group) is 1. The number of hydrogen-bond acceptors (Lipinski definition) is 4. The molecule has 0 spiro atoms. The van der Waals surface area contributed by atoms with Crippen molar-refractivity contribution in [2.75, 3.05) is 20.1 Å². The fraction of sp³-hybridized carbons (Fsp3) is 0.615. The van der Waals surface area contributed by atoms with Crippen LogP contribution in [0.4, 0.5) is 0 Å². The molecular weight excluding hydrogens is 228 g/mol. The highest BCUT2D eigenvalue weighted by Gasteiger charge is 2.24. The van der Waals surface area contributed by atoms with Gasteiger partial charge in [-0.05, 0) is 39.3 Å². The summed E-state index contributed by atoms with van der Waals surface area (Å²) in [6.45, 7) is 5.60. The highest BCUT2D eigenvalue weighted by atomic mass is 16.2. The predicted octanol–water partition coefficient (Wildman–Crippen LogP) is 0.917. The molecule has 2 heterocycles. The molecule has 1 amide bonds. The van der Waals surface area contributed by atoms with Gasteiger partial charge in [-0.1, -0.05) is 0 Å². The Morgan fingerprint density at radius 2 is 2.22 bits per heavy atom. The first-order chi connectivity index (χ1) is 8.59. The number of carbonyl (C=O) groups is 1. The molecule has 5 nitrogen and oxygen atoms in total. The zero-order valence-corrected chi connectivity index (χ0v) is 11.2. The first-order valence-electron chi connectivity index (χ1n) is 6.38. The van der Waals surface area contributed by atoms with Crippen molar-refractivity contribution >= 4 is 5.91 Å². The maximum atomic E-state index is 12.4. The van der Waals surface area contributed by atoms with Crippen LogP contribution in [0, 0.1) is 13.8 Å². The van der Waals surface area contributed by atoms with Crippen molar-refractivity contribution in [3.8, 4) is 0 Å². The third-order valence-electron chi connectivity index (χ3n) is 3.47. The van der Waals surface area contributed by atoms with Gasteiger partial charge < -0.3 is 10.2 Å². The zero-order chi connectivity index (χ0) is 13.1. The molecule has 0 bridgehead atoms. The van der Waals surface area contributed by atoms with Gasteiger partial charge in [0.2, 0.25) is 0 Å². The fourth-order valence-electron chi connectivity index (χ4n) is 2.29. The maximum absolute atomic E-state index is 12.4. The van der Waals surface area contributed by atoms with Gasteiger partial charge in [-0.2, -0.15) is 10.2 Å². The summed E-state index contributed by atoms with van der Waals surface area (Å²) < 4.78 is 0. The van der Waals surface area contributed by atoms with E-state index in [4.69, 9.17) is 0 Å². The summed E-state index contributed by atoms with van der Waals surface area (Å²) in [6, 6.07) is 2.09. The minimum Gasteiger partial charge on any atom is -0.337 e. The topological polar surface area (TPSA) is 58.1 Å². The van der Waals surface area contributed by atoms with Crippen LogP contribution >= 0.6 is 0 Å². The number of aromatic nitrogens is 2. The van der Waals surface area contributed by atoms with Gasteiger partial charge in [-0.25, -0.2) is 0 Å². The molecule has 0 aromatic carbocycles. The molecule has 1 aromatic rings. The van der Waals surface area contributed by atoms with Crippen LogP contribution in [-0.2, 0) is 0 Å². The Hall–Kier alpha value is -1.49. The number of hydrogen-bond donors (Lipinski definition) is 1. The highest BCUT2D eigenvalue weighted by Crippen LogP contribution is 2.14. The summed E-state index contributed by atoms with van der Waals surface area (Å²) in [7, 11) is 1.87. The van der Waals surface area contributed by atoms with Crippen LogP contribution in [0.2, 0.25) is 0 Å². The van der Waals surface area contributed by atoms with Crippen molar-refractivity contribution in [2.24, 2.45) is 0 Å². The van der Waals surface area contributed by atoms with Crippen molar-refractivity contribution in [1.29, 1.82) is 0 Å². The van der Waals surface area contributed by atoms with Crippen molar-refractivity contribution in [3.63, 3.8) is 0 Å². The summed E-state index contributed by atoms with van der Waals surface area (Å²) in [6.07, 6.45) is 2.18. The van der Waals surface area contributed by atoms with Crippen molar-refractivity contribution in [2.45, 2.75) is 32.7 Å². The van der Waals surface area contributed by atoms with Crippen LogP contribution in [0.1, 0.15) is 34.6 Å². The van der Waals surface area contributed by atoms with E-state index >= 15 is 0 Å². The summed E-state index contributed by atoms with van der Waals surface area (Å²) in [5.41, 5.74) is 2.14. The Bertz CT molecular complexity index is 441. The van der Waals surface area contributed by atoms with E-state index in [0.29, 0.717) is 11.3 Å². The van der Waals surface area contributed by atoms with Crippen LogP contribution in [0.25, 0.3) is 0 Å². The molecule has 1 aliphatic rings. The molecule has 1 aliphatic heterocycles. The van der Waals surface area contributed by atoms with Gasteiger partial charge in [0.15, 0.2) is 0 Å². The van der Waals surface area contributed by atoms with Crippen LogP contribution < -0.4 is 5.32 Å². The molecule has 1 atom stereocenters. The Balaban J connectivity index is 2.16. The number of aryl methyl sites for hydroxylation is 2. The van der Waals surface area contributed by atoms with E-state index < -0.39 is 0 Å². The van der Waals surface area contributed by atoms with Gasteiger partial charge in [0.1, 0.15) is 0 Å². The standard InChI is InChI=1S/C13H20N4O/c1-9-7-12(10(2)16-15-9)13(18)17(3)11-5-4-6-14-8-11/h7,11,14H,4-6,8H2,1-3H3. The molecule has 18 heavy (non-hydrogen) atoms. The van der Waals surface area contributed by atoms with Crippen LogP contribution in [-0.4, -0.2) is 47.2 Å². The lowest BCUT2D eigenvalue weighted by molar-refractivity contribution is 0.0706. The lowest BCUT2D eigenvalue weighted by Gasteiger charge is -2.32. The number of rotatable bonds is 2. The molecule has 5 heteroatoms. The summed E-state index contributed by atoms with van der Waals surface area (Å²) >= 11 is 0. The number of nitrogens with zero attached hydrogens (tertiary/aromatic N) is 3. The second-order valence-corrected chi connectivity index (χ2v) is 4.90. The van der Waals surface area contributed by atoms with Gasteiger partial charge >= 0.3 is 0 Å². The third kappa shape index (κ3) is 2.67. The van der Waals surface area contributed by atoms with E-state index in [1.54, 1.807) is 0 Å². The number of amides is 1. The molecule has 1 N–H and O–H groups in total.